The Morgan fingerprint density at radius 3 is 2.46 bits per heavy atom. The average Bonchev–Trinajstić information content (AvgIpc) is 3.40. The van der Waals surface area contributed by atoms with Gasteiger partial charge in [0.1, 0.15) is 16.1 Å². The maximum Gasteiger partial charge on any atom is 0.243 e. The number of benzene rings is 2. The number of nitrogens with zero attached hydrogens (tertiary/aromatic N) is 2. The molecule has 41 heavy (non-hydrogen) atoms. The molecule has 9 nitrogen and oxygen atoms in total. The van der Waals surface area contributed by atoms with E-state index < -0.39 is 16.1 Å². The maximum absolute atomic E-state index is 14.0. The van der Waals surface area contributed by atoms with Gasteiger partial charge in [0.25, 0.3) is 0 Å². The molecule has 11 heteroatoms. The van der Waals surface area contributed by atoms with E-state index in [0.717, 1.165) is 30.5 Å². The summed E-state index contributed by atoms with van der Waals surface area (Å²) in [5.41, 5.74) is 2.27. The molecular weight excluding hydrogens is 562 g/mol. The van der Waals surface area contributed by atoms with Crippen molar-refractivity contribution in [2.75, 3.05) is 18.4 Å². The number of hydrogen-bond donors (Lipinski definition) is 3. The zero-order valence-corrected chi connectivity index (χ0v) is 25.1. The number of aromatic nitrogens is 2. The lowest BCUT2D eigenvalue weighted by Crippen LogP contribution is -2.50. The zero-order chi connectivity index (χ0) is 29.4. The smallest absolute Gasteiger partial charge is 0.243 e. The quantitative estimate of drug-likeness (QED) is 0.257. The van der Waals surface area contributed by atoms with Crippen LogP contribution in [0.3, 0.4) is 0 Å². The summed E-state index contributed by atoms with van der Waals surface area (Å²) >= 11 is 6.13. The van der Waals surface area contributed by atoms with Crippen LogP contribution in [0.15, 0.2) is 59.8 Å². The fourth-order valence-corrected chi connectivity index (χ4v) is 6.80. The first-order chi connectivity index (χ1) is 19.7. The van der Waals surface area contributed by atoms with E-state index in [-0.39, 0.29) is 35.2 Å². The number of carbonyl (C=O) groups is 2. The highest BCUT2D eigenvalue weighted by Gasteiger charge is 2.33. The van der Waals surface area contributed by atoms with Gasteiger partial charge in [-0.2, -0.15) is 4.72 Å². The van der Waals surface area contributed by atoms with Crippen LogP contribution in [0.25, 0.3) is 11.1 Å². The molecule has 2 heterocycles. The first-order valence-corrected chi connectivity index (χ1v) is 16.1. The highest BCUT2D eigenvalue weighted by atomic mass is 35.5. The van der Waals surface area contributed by atoms with Gasteiger partial charge in [0.2, 0.25) is 21.8 Å². The van der Waals surface area contributed by atoms with Crippen LogP contribution in [0.4, 0.5) is 5.69 Å². The van der Waals surface area contributed by atoms with Crippen LogP contribution in [-0.4, -0.2) is 54.2 Å². The average molecular weight is 600 g/mol. The van der Waals surface area contributed by atoms with Crippen LogP contribution in [0.5, 0.6) is 0 Å². The molecule has 3 aromatic rings. The van der Waals surface area contributed by atoms with Gasteiger partial charge in [-0.15, -0.1) is 0 Å². The van der Waals surface area contributed by atoms with E-state index in [9.17, 15) is 18.0 Å². The van der Waals surface area contributed by atoms with Crippen molar-refractivity contribution in [1.29, 1.82) is 0 Å². The molecule has 0 radical (unpaired) electrons. The van der Waals surface area contributed by atoms with Crippen molar-refractivity contribution < 1.29 is 18.0 Å². The lowest BCUT2D eigenvalue weighted by atomic mass is 9.94. The van der Waals surface area contributed by atoms with Gasteiger partial charge in [0.15, 0.2) is 0 Å². The molecule has 220 valence electrons. The predicted molar refractivity (Wildman–Crippen MR) is 161 cm³/mol. The Morgan fingerprint density at radius 1 is 1.10 bits per heavy atom. The Bertz CT molecular complexity index is 1440. The largest absolute Gasteiger partial charge is 0.347 e. The molecule has 4 rings (SSSR count). The number of aromatic amines is 1. The number of likely N-dealkylation sites (tertiary alicyclic amines) is 1. The summed E-state index contributed by atoms with van der Waals surface area (Å²) in [6, 6.07) is 13.2. The maximum atomic E-state index is 14.0. The number of halogens is 1. The molecule has 0 saturated carbocycles. The lowest BCUT2D eigenvalue weighted by Gasteiger charge is -2.34. The zero-order valence-electron chi connectivity index (χ0n) is 23.5. The molecule has 1 aliphatic heterocycles. The lowest BCUT2D eigenvalue weighted by molar-refractivity contribution is -0.134. The summed E-state index contributed by atoms with van der Waals surface area (Å²) in [6.07, 6.45) is 5.85. The predicted octanol–water partition coefficient (Wildman–Crippen LogP) is 5.40. The molecular formula is C30H38ClN5O4S. The fraction of sp³-hybridized carbons (Fsp3) is 0.433. The van der Waals surface area contributed by atoms with E-state index in [1.807, 2.05) is 30.3 Å². The molecule has 0 aliphatic carbocycles. The number of imidazole rings is 1. The Kier molecular flexibility index (Phi) is 10.6. The third kappa shape index (κ3) is 7.75. The van der Waals surface area contributed by atoms with Crippen LogP contribution in [0.2, 0.25) is 5.15 Å². The molecule has 1 fully saturated rings. The summed E-state index contributed by atoms with van der Waals surface area (Å²) in [6.45, 7) is 5.06. The van der Waals surface area contributed by atoms with E-state index in [4.69, 9.17) is 11.6 Å². The minimum atomic E-state index is -4.22. The van der Waals surface area contributed by atoms with Gasteiger partial charge in [0, 0.05) is 25.1 Å². The van der Waals surface area contributed by atoms with Gasteiger partial charge in [-0.3, -0.25) is 9.59 Å². The van der Waals surface area contributed by atoms with Gasteiger partial charge in [-0.1, -0.05) is 74.3 Å². The fourth-order valence-electron chi connectivity index (χ4n) is 5.20. The molecule has 1 aromatic heterocycles. The standard InChI is InChI=1S/C30H38ClN5O4S/c1-3-21-16-18-36(19-17-21)30(38)25(14-9-13-24-29(31)33-20-32-24)35-41(39,40)26-15-8-12-23(22-10-6-5-7-11-22)28(26)34-27(37)4-2/h5-8,10-12,15,20-21,25,35H,3-4,9,13-14,16-19H2,1-2H3,(H,32,33)(H,34,37)/t25-/m0/s1. The summed E-state index contributed by atoms with van der Waals surface area (Å²) in [7, 11) is -4.22. The first-order valence-electron chi connectivity index (χ1n) is 14.2. The van der Waals surface area contributed by atoms with Crippen molar-refractivity contribution in [2.24, 2.45) is 5.92 Å². The monoisotopic (exact) mass is 599 g/mol. The van der Waals surface area contributed by atoms with Crippen LogP contribution in [-0.2, 0) is 26.0 Å². The first kappa shape index (κ1) is 30.7. The third-order valence-corrected chi connectivity index (χ3v) is 9.51. The molecule has 2 amide bonds. The van der Waals surface area contributed by atoms with Crippen molar-refractivity contribution in [3.05, 3.63) is 65.7 Å². The Balaban J connectivity index is 1.64. The van der Waals surface area contributed by atoms with Crippen LogP contribution < -0.4 is 10.0 Å². The second-order valence-corrected chi connectivity index (χ2v) is 12.4. The third-order valence-electron chi connectivity index (χ3n) is 7.67. The molecule has 1 saturated heterocycles. The molecule has 1 atom stereocenters. The van der Waals surface area contributed by atoms with Gasteiger partial charge in [-0.05, 0) is 49.7 Å². The highest BCUT2D eigenvalue weighted by Crippen LogP contribution is 2.34. The summed E-state index contributed by atoms with van der Waals surface area (Å²) in [5, 5.41) is 3.16. The molecule has 0 spiro atoms. The number of para-hydroxylation sites is 1. The van der Waals surface area contributed by atoms with Crippen molar-refractivity contribution in [1.82, 2.24) is 19.6 Å². The summed E-state index contributed by atoms with van der Waals surface area (Å²) < 4.78 is 30.7. The minimum absolute atomic E-state index is 0.0836. The van der Waals surface area contributed by atoms with E-state index in [2.05, 4.69) is 26.9 Å². The summed E-state index contributed by atoms with van der Waals surface area (Å²) in [5.74, 6) is 0.0204. The van der Waals surface area contributed by atoms with E-state index >= 15 is 0 Å². The second kappa shape index (κ2) is 14.1. The highest BCUT2D eigenvalue weighted by molar-refractivity contribution is 7.89. The number of sulfonamides is 1. The van der Waals surface area contributed by atoms with Crippen LogP contribution in [0.1, 0.15) is 58.1 Å². The molecule has 0 bridgehead atoms. The molecule has 0 unspecified atom stereocenters. The number of piperidine rings is 1. The Hall–Kier alpha value is -3.21. The van der Waals surface area contributed by atoms with Crippen molar-refractivity contribution >= 4 is 39.1 Å². The van der Waals surface area contributed by atoms with Crippen molar-refractivity contribution in [3.63, 3.8) is 0 Å². The molecule has 3 N–H and O–H groups in total. The van der Waals surface area contributed by atoms with Crippen molar-refractivity contribution in [2.45, 2.75) is 69.7 Å². The van der Waals surface area contributed by atoms with Gasteiger partial charge in [0.05, 0.1) is 17.7 Å². The van der Waals surface area contributed by atoms with Crippen molar-refractivity contribution in [3.8, 4) is 11.1 Å². The number of anilines is 1. The van der Waals surface area contributed by atoms with Crippen LogP contribution in [0, 0.1) is 5.92 Å². The topological polar surface area (TPSA) is 124 Å². The van der Waals surface area contributed by atoms with Gasteiger partial charge >= 0.3 is 0 Å². The second-order valence-electron chi connectivity index (χ2n) is 10.4. The summed E-state index contributed by atoms with van der Waals surface area (Å²) in [4.78, 5) is 34.9. The normalized spacial score (nSPS) is 15.0. The number of nitrogens with one attached hydrogen (secondary N) is 3. The SMILES string of the molecule is CCC(=O)Nc1c(-c2ccccc2)cccc1S(=O)(=O)N[C@@H](CCCc1[nH]cnc1Cl)C(=O)N1CCC(CC)CC1. The van der Waals surface area contributed by atoms with E-state index in [0.29, 0.717) is 42.6 Å². The number of hydrogen-bond acceptors (Lipinski definition) is 5. The van der Waals surface area contributed by atoms with Crippen LogP contribution >= 0.6 is 11.6 Å². The van der Waals surface area contributed by atoms with Gasteiger partial charge < -0.3 is 15.2 Å². The minimum Gasteiger partial charge on any atom is -0.347 e. The van der Waals surface area contributed by atoms with E-state index in [1.54, 1.807) is 24.0 Å². The Labute approximate surface area is 247 Å². The molecule has 1 aliphatic rings. The number of aryl methyl sites for hydroxylation is 1. The number of rotatable bonds is 12. The Morgan fingerprint density at radius 2 is 1.83 bits per heavy atom. The van der Waals surface area contributed by atoms with E-state index in [1.165, 1.54) is 12.4 Å². The van der Waals surface area contributed by atoms with Gasteiger partial charge in [-0.25, -0.2) is 13.4 Å². The molecule has 2 aromatic carbocycles. The number of carbonyl (C=O) groups excluding carboxylic acids is 2. The number of amides is 2. The number of H-pyrrole nitrogens is 1.